The van der Waals surface area contributed by atoms with Crippen LogP contribution in [-0.4, -0.2) is 18.7 Å². The van der Waals surface area contributed by atoms with Crippen LogP contribution in [0.4, 0.5) is 10.3 Å². The summed E-state index contributed by atoms with van der Waals surface area (Å²) in [5.74, 6) is 0.627. The summed E-state index contributed by atoms with van der Waals surface area (Å²) < 4.78 is 23.4. The fourth-order valence-electron chi connectivity index (χ4n) is 3.11. The minimum absolute atomic E-state index is 0.0805. The zero-order chi connectivity index (χ0) is 19.8. The van der Waals surface area contributed by atoms with Crippen LogP contribution < -0.4 is 16.6 Å². The molecule has 144 valence electrons. The number of hydrogen-bond donors (Lipinski definition) is 1. The Labute approximate surface area is 158 Å². The van der Waals surface area contributed by atoms with Crippen LogP contribution >= 0.6 is 0 Å². The van der Waals surface area contributed by atoms with Crippen molar-refractivity contribution in [3.63, 3.8) is 0 Å². The molecule has 0 saturated heterocycles. The van der Waals surface area contributed by atoms with Gasteiger partial charge >= 0.3 is 5.69 Å². The SMILES string of the molecule is Cn1c(=O)c2c(nc(NCc3ccco3)n2Cc2ccccc2F)n(C)c1=O. The molecular formula is C19H18FN5O3. The predicted octanol–water partition coefficient (Wildman–Crippen LogP) is 1.83. The lowest BCUT2D eigenvalue weighted by Crippen LogP contribution is -2.37. The molecular weight excluding hydrogens is 365 g/mol. The normalized spacial score (nSPS) is 11.2. The zero-order valence-corrected chi connectivity index (χ0v) is 15.3. The number of benzene rings is 1. The molecule has 0 amide bonds. The lowest BCUT2D eigenvalue weighted by molar-refractivity contribution is 0.517. The number of anilines is 1. The van der Waals surface area contributed by atoms with Gasteiger partial charge in [0.1, 0.15) is 11.6 Å². The van der Waals surface area contributed by atoms with Crippen LogP contribution in [0, 0.1) is 5.82 Å². The lowest BCUT2D eigenvalue weighted by atomic mass is 10.2. The highest BCUT2D eigenvalue weighted by Gasteiger charge is 2.20. The Balaban J connectivity index is 1.90. The second kappa shape index (κ2) is 6.84. The second-order valence-corrected chi connectivity index (χ2v) is 6.42. The molecule has 9 heteroatoms. The number of nitrogens with one attached hydrogen (secondary N) is 1. The number of imidazole rings is 1. The van der Waals surface area contributed by atoms with E-state index in [0.29, 0.717) is 23.8 Å². The van der Waals surface area contributed by atoms with Gasteiger partial charge in [-0.2, -0.15) is 4.98 Å². The molecule has 0 aliphatic rings. The monoisotopic (exact) mass is 383 g/mol. The van der Waals surface area contributed by atoms with Gasteiger partial charge in [0.2, 0.25) is 5.95 Å². The highest BCUT2D eigenvalue weighted by atomic mass is 19.1. The smallest absolute Gasteiger partial charge is 0.332 e. The van der Waals surface area contributed by atoms with Gasteiger partial charge in [0.05, 0.1) is 19.4 Å². The molecule has 0 fully saturated rings. The Bertz CT molecular complexity index is 1270. The minimum Gasteiger partial charge on any atom is -0.467 e. The summed E-state index contributed by atoms with van der Waals surface area (Å²) in [7, 11) is 2.95. The van der Waals surface area contributed by atoms with E-state index in [1.165, 1.54) is 17.7 Å². The molecule has 0 aliphatic heterocycles. The average molecular weight is 383 g/mol. The Morgan fingerprint density at radius 3 is 2.61 bits per heavy atom. The van der Waals surface area contributed by atoms with E-state index < -0.39 is 11.2 Å². The second-order valence-electron chi connectivity index (χ2n) is 6.42. The molecule has 0 atom stereocenters. The van der Waals surface area contributed by atoms with Gasteiger partial charge in [-0.3, -0.25) is 18.5 Å². The Hall–Kier alpha value is -3.62. The van der Waals surface area contributed by atoms with E-state index >= 15 is 0 Å². The summed E-state index contributed by atoms with van der Waals surface area (Å²) in [5, 5.41) is 3.11. The van der Waals surface area contributed by atoms with Crippen molar-refractivity contribution in [2.24, 2.45) is 14.1 Å². The van der Waals surface area contributed by atoms with Crippen molar-refractivity contribution in [2.45, 2.75) is 13.1 Å². The number of halogens is 1. The molecule has 0 radical (unpaired) electrons. The van der Waals surface area contributed by atoms with Crippen LogP contribution in [0.1, 0.15) is 11.3 Å². The van der Waals surface area contributed by atoms with Gasteiger partial charge in [0.15, 0.2) is 11.2 Å². The van der Waals surface area contributed by atoms with E-state index in [2.05, 4.69) is 10.3 Å². The quantitative estimate of drug-likeness (QED) is 0.568. The highest BCUT2D eigenvalue weighted by Crippen LogP contribution is 2.20. The predicted molar refractivity (Wildman–Crippen MR) is 102 cm³/mol. The van der Waals surface area contributed by atoms with E-state index in [1.54, 1.807) is 48.2 Å². The first-order valence-corrected chi connectivity index (χ1v) is 8.63. The van der Waals surface area contributed by atoms with Crippen molar-refractivity contribution in [3.8, 4) is 0 Å². The molecule has 0 saturated carbocycles. The molecule has 0 spiro atoms. The van der Waals surface area contributed by atoms with Crippen molar-refractivity contribution >= 4 is 17.1 Å². The van der Waals surface area contributed by atoms with Crippen LogP contribution in [0.15, 0.2) is 56.7 Å². The summed E-state index contributed by atoms with van der Waals surface area (Å²) >= 11 is 0. The molecule has 0 unspecified atom stereocenters. The van der Waals surface area contributed by atoms with E-state index in [4.69, 9.17) is 4.42 Å². The summed E-state index contributed by atoms with van der Waals surface area (Å²) in [4.78, 5) is 29.5. The highest BCUT2D eigenvalue weighted by molar-refractivity contribution is 5.74. The third-order valence-electron chi connectivity index (χ3n) is 4.64. The molecule has 28 heavy (non-hydrogen) atoms. The Morgan fingerprint density at radius 2 is 1.89 bits per heavy atom. The molecule has 0 bridgehead atoms. The summed E-state index contributed by atoms with van der Waals surface area (Å²) in [6.45, 7) is 0.402. The first-order valence-electron chi connectivity index (χ1n) is 8.63. The van der Waals surface area contributed by atoms with Crippen LogP contribution in [0.25, 0.3) is 11.2 Å². The van der Waals surface area contributed by atoms with Crippen LogP contribution in [0.2, 0.25) is 0 Å². The standard InChI is InChI=1S/C19H18FN5O3/c1-23-16-15(17(26)24(2)19(23)27)25(11-12-6-3-4-8-14(12)20)18(22-16)21-10-13-7-5-9-28-13/h3-9H,10-11H2,1-2H3,(H,21,22). The number of aromatic nitrogens is 4. The summed E-state index contributed by atoms with van der Waals surface area (Å²) in [6.07, 6.45) is 1.55. The summed E-state index contributed by atoms with van der Waals surface area (Å²) in [5.41, 5.74) is -0.126. The maximum absolute atomic E-state index is 14.2. The molecule has 3 heterocycles. The minimum atomic E-state index is -0.493. The fourth-order valence-corrected chi connectivity index (χ4v) is 3.11. The van der Waals surface area contributed by atoms with Gasteiger partial charge in [-0.1, -0.05) is 18.2 Å². The maximum Gasteiger partial charge on any atom is 0.332 e. The van der Waals surface area contributed by atoms with Crippen molar-refractivity contribution in [3.05, 3.63) is 80.6 Å². The summed E-state index contributed by atoms with van der Waals surface area (Å²) in [6, 6.07) is 9.89. The van der Waals surface area contributed by atoms with E-state index in [1.807, 2.05) is 0 Å². The van der Waals surface area contributed by atoms with E-state index in [-0.39, 0.29) is 23.5 Å². The van der Waals surface area contributed by atoms with E-state index in [0.717, 1.165) is 4.57 Å². The van der Waals surface area contributed by atoms with Crippen LogP contribution in [0.5, 0.6) is 0 Å². The van der Waals surface area contributed by atoms with E-state index in [9.17, 15) is 14.0 Å². The largest absolute Gasteiger partial charge is 0.467 e. The van der Waals surface area contributed by atoms with Crippen molar-refractivity contribution < 1.29 is 8.81 Å². The van der Waals surface area contributed by atoms with Gasteiger partial charge in [0, 0.05) is 19.7 Å². The van der Waals surface area contributed by atoms with Gasteiger partial charge in [-0.25, -0.2) is 9.18 Å². The number of aryl methyl sites for hydroxylation is 1. The van der Waals surface area contributed by atoms with Crippen LogP contribution in [0.3, 0.4) is 0 Å². The van der Waals surface area contributed by atoms with Crippen molar-refractivity contribution in [1.82, 2.24) is 18.7 Å². The van der Waals surface area contributed by atoms with Crippen molar-refractivity contribution in [2.75, 3.05) is 5.32 Å². The third kappa shape index (κ3) is 2.90. The van der Waals surface area contributed by atoms with Gasteiger partial charge in [-0.15, -0.1) is 0 Å². The van der Waals surface area contributed by atoms with Crippen molar-refractivity contribution in [1.29, 1.82) is 0 Å². The molecule has 1 aromatic carbocycles. The fraction of sp³-hybridized carbons (Fsp3) is 0.211. The number of rotatable bonds is 5. The van der Waals surface area contributed by atoms with Gasteiger partial charge in [-0.05, 0) is 18.2 Å². The zero-order valence-electron chi connectivity index (χ0n) is 15.3. The first kappa shape index (κ1) is 17.8. The first-order chi connectivity index (χ1) is 13.5. The topological polar surface area (TPSA) is 87.0 Å². The number of nitrogens with zero attached hydrogens (tertiary/aromatic N) is 4. The maximum atomic E-state index is 14.2. The Morgan fingerprint density at radius 1 is 1.11 bits per heavy atom. The molecule has 4 rings (SSSR count). The molecule has 3 aromatic heterocycles. The molecule has 8 nitrogen and oxygen atoms in total. The number of furan rings is 1. The number of hydrogen-bond acceptors (Lipinski definition) is 5. The Kier molecular flexibility index (Phi) is 4.34. The molecule has 0 aliphatic carbocycles. The average Bonchev–Trinajstić information content (AvgIpc) is 3.33. The number of fused-ring (bicyclic) bond motifs is 1. The van der Waals surface area contributed by atoms with Crippen LogP contribution in [-0.2, 0) is 27.2 Å². The van der Waals surface area contributed by atoms with Gasteiger partial charge < -0.3 is 9.73 Å². The van der Waals surface area contributed by atoms with Gasteiger partial charge in [0.25, 0.3) is 5.56 Å². The third-order valence-corrected chi connectivity index (χ3v) is 4.64. The molecule has 4 aromatic rings. The lowest BCUT2D eigenvalue weighted by Gasteiger charge is -2.11. The molecule has 1 N–H and O–H groups in total.